The summed E-state index contributed by atoms with van der Waals surface area (Å²) >= 11 is 12.2. The lowest BCUT2D eigenvalue weighted by Gasteiger charge is -2.10. The highest BCUT2D eigenvalue weighted by atomic mass is 35.5. The van der Waals surface area contributed by atoms with Crippen molar-refractivity contribution in [2.45, 2.75) is 41.0 Å². The molecular weight excluding hydrogens is 455 g/mol. The van der Waals surface area contributed by atoms with E-state index < -0.39 is 10.8 Å². The molecule has 0 atom stereocenters. The zero-order chi connectivity index (χ0) is 24.4. The second-order valence-electron chi connectivity index (χ2n) is 5.90. The number of anilines is 1. The highest BCUT2D eigenvalue weighted by Gasteiger charge is 2.19. The number of nitro benzene ring substituents is 1. The predicted molar refractivity (Wildman–Crippen MR) is 129 cm³/mol. The lowest BCUT2D eigenvalue weighted by molar-refractivity contribution is -0.384. The Kier molecular flexibility index (Phi) is 10.7. The number of non-ortho nitro benzene ring substituents is 1. The summed E-state index contributed by atoms with van der Waals surface area (Å²) in [5, 5.41) is 23.8. The molecule has 2 N–H and O–H groups in total. The Balaban J connectivity index is 0.00000121. The van der Waals surface area contributed by atoms with Gasteiger partial charge >= 0.3 is 0 Å². The zero-order valence-corrected chi connectivity index (χ0v) is 20.0. The van der Waals surface area contributed by atoms with Gasteiger partial charge in [0, 0.05) is 17.7 Å². The first kappa shape index (κ1) is 27.0. The topological polar surface area (TPSA) is 106 Å². The number of nitro groups is 1. The first-order valence-corrected chi connectivity index (χ1v) is 10.9. The van der Waals surface area contributed by atoms with E-state index in [0.717, 1.165) is 18.1 Å². The van der Waals surface area contributed by atoms with Crippen molar-refractivity contribution in [2.24, 2.45) is 0 Å². The average Bonchev–Trinajstić information content (AvgIpc) is 3.28. The molecule has 3 rings (SSSR count). The number of phenols is 1. The molecule has 1 heterocycles. The summed E-state index contributed by atoms with van der Waals surface area (Å²) in [5.41, 5.74) is 1.30. The number of rotatable bonds is 5. The number of hydrogen-bond donors (Lipinski definition) is 2. The first-order chi connectivity index (χ1) is 15.3. The van der Waals surface area contributed by atoms with Crippen molar-refractivity contribution in [1.29, 1.82) is 0 Å². The first-order valence-electron chi connectivity index (χ1n) is 10.2. The van der Waals surface area contributed by atoms with Crippen molar-refractivity contribution in [1.82, 2.24) is 0 Å². The molecule has 1 amide bonds. The van der Waals surface area contributed by atoms with Gasteiger partial charge in [-0.2, -0.15) is 0 Å². The number of aromatic hydroxyl groups is 1. The number of carbonyl (C=O) groups excluding carboxylic acids is 1. The Labute approximate surface area is 197 Å². The van der Waals surface area contributed by atoms with Crippen LogP contribution in [-0.2, 0) is 6.42 Å². The Hall–Kier alpha value is -3.03. The molecule has 0 aliphatic rings. The second kappa shape index (κ2) is 12.7. The van der Waals surface area contributed by atoms with E-state index >= 15 is 0 Å². The van der Waals surface area contributed by atoms with Crippen LogP contribution in [0.25, 0.3) is 11.3 Å². The quantitative estimate of drug-likeness (QED) is 0.286. The number of nitrogens with one attached hydrogen (secondary N) is 1. The number of carbonyl (C=O) groups is 1. The lowest BCUT2D eigenvalue weighted by atomic mass is 10.1. The van der Waals surface area contributed by atoms with Gasteiger partial charge < -0.3 is 14.8 Å². The molecule has 7 nitrogen and oxygen atoms in total. The third-order valence-corrected chi connectivity index (χ3v) is 4.69. The molecule has 0 saturated heterocycles. The second-order valence-corrected chi connectivity index (χ2v) is 6.71. The number of phenolic OH excluding ortho intramolecular Hbond substituents is 1. The molecule has 32 heavy (non-hydrogen) atoms. The molecular formula is C23H26Cl2N2O5. The smallest absolute Gasteiger partial charge is 0.271 e. The maximum atomic E-state index is 12.5. The van der Waals surface area contributed by atoms with Gasteiger partial charge in [0.2, 0.25) is 0 Å². The molecule has 9 heteroatoms. The van der Waals surface area contributed by atoms with E-state index in [2.05, 4.69) is 5.32 Å². The summed E-state index contributed by atoms with van der Waals surface area (Å²) in [6.07, 6.45) is 2.38. The summed E-state index contributed by atoms with van der Waals surface area (Å²) in [7, 11) is 0. The van der Waals surface area contributed by atoms with Gasteiger partial charge in [-0.15, -0.1) is 0 Å². The fourth-order valence-electron chi connectivity index (χ4n) is 2.54. The predicted octanol–water partition coefficient (Wildman–Crippen LogP) is 7.73. The Morgan fingerprint density at radius 2 is 1.75 bits per heavy atom. The number of nitrogens with zero attached hydrogens (tertiary/aromatic N) is 1. The monoisotopic (exact) mass is 480 g/mol. The zero-order valence-electron chi connectivity index (χ0n) is 18.5. The van der Waals surface area contributed by atoms with E-state index in [1.807, 2.05) is 34.6 Å². The fraction of sp³-hybridized carbons (Fsp3) is 0.261. The summed E-state index contributed by atoms with van der Waals surface area (Å²) in [5.74, 6) is -0.498. The number of amides is 1. The number of halogens is 2. The van der Waals surface area contributed by atoms with Crippen LogP contribution in [0.4, 0.5) is 11.4 Å². The van der Waals surface area contributed by atoms with Crippen LogP contribution < -0.4 is 5.32 Å². The van der Waals surface area contributed by atoms with Crippen molar-refractivity contribution in [3.05, 3.63) is 73.9 Å². The van der Waals surface area contributed by atoms with E-state index in [4.69, 9.17) is 27.6 Å². The van der Waals surface area contributed by atoms with E-state index in [0.29, 0.717) is 11.3 Å². The standard InChI is InChI=1S/C19H14Cl2N2O5.2C2H6/c1-2-10-5-18(28-9-10)12-8-17(24)13(7-14(12)20)19(25)22-16-4-3-11(23(26)27)6-15(16)21;2*1-2/h3-9,24H,2H2,1H3,(H,22,25);2*1-2H3. The van der Waals surface area contributed by atoms with Crippen molar-refractivity contribution in [3.63, 3.8) is 0 Å². The van der Waals surface area contributed by atoms with Crippen LogP contribution in [0.5, 0.6) is 5.75 Å². The van der Waals surface area contributed by atoms with Gasteiger partial charge in [-0.25, -0.2) is 0 Å². The average molecular weight is 481 g/mol. The molecule has 172 valence electrons. The lowest BCUT2D eigenvalue weighted by Crippen LogP contribution is -2.12. The molecule has 0 radical (unpaired) electrons. The number of aryl methyl sites for hydroxylation is 1. The van der Waals surface area contributed by atoms with Crippen LogP contribution in [0.3, 0.4) is 0 Å². The summed E-state index contributed by atoms with van der Waals surface area (Å²) in [4.78, 5) is 22.7. The van der Waals surface area contributed by atoms with Crippen molar-refractivity contribution in [2.75, 3.05) is 5.32 Å². The maximum Gasteiger partial charge on any atom is 0.271 e. The normalized spacial score (nSPS) is 9.72. The highest BCUT2D eigenvalue weighted by Crippen LogP contribution is 2.35. The third-order valence-electron chi connectivity index (χ3n) is 4.07. The van der Waals surface area contributed by atoms with Crippen molar-refractivity contribution in [3.8, 4) is 17.1 Å². The third kappa shape index (κ3) is 6.48. The Morgan fingerprint density at radius 1 is 1.09 bits per heavy atom. The van der Waals surface area contributed by atoms with Crippen LogP contribution in [0.1, 0.15) is 50.5 Å². The van der Waals surface area contributed by atoms with E-state index in [9.17, 15) is 20.0 Å². The summed E-state index contributed by atoms with van der Waals surface area (Å²) in [6, 6.07) is 8.09. The maximum absolute atomic E-state index is 12.5. The Morgan fingerprint density at radius 3 is 2.28 bits per heavy atom. The van der Waals surface area contributed by atoms with Crippen LogP contribution in [0, 0.1) is 10.1 Å². The number of benzene rings is 2. The summed E-state index contributed by atoms with van der Waals surface area (Å²) < 4.78 is 5.45. The van der Waals surface area contributed by atoms with Gasteiger partial charge in [0.1, 0.15) is 11.5 Å². The molecule has 3 aromatic rings. The molecule has 0 bridgehead atoms. The van der Waals surface area contributed by atoms with Crippen LogP contribution in [0.2, 0.25) is 10.0 Å². The summed E-state index contributed by atoms with van der Waals surface area (Å²) in [6.45, 7) is 9.98. The molecule has 2 aromatic carbocycles. The molecule has 0 fully saturated rings. The van der Waals surface area contributed by atoms with Crippen LogP contribution in [-0.4, -0.2) is 15.9 Å². The van der Waals surface area contributed by atoms with Gasteiger partial charge in [0.05, 0.1) is 32.5 Å². The largest absolute Gasteiger partial charge is 0.507 e. The van der Waals surface area contributed by atoms with Crippen LogP contribution in [0.15, 0.2) is 47.1 Å². The number of hydrogen-bond acceptors (Lipinski definition) is 5. The minimum atomic E-state index is -0.671. The van der Waals surface area contributed by atoms with Gasteiger partial charge in [0.25, 0.3) is 11.6 Å². The van der Waals surface area contributed by atoms with E-state index in [1.54, 1.807) is 12.3 Å². The van der Waals surface area contributed by atoms with Crippen LogP contribution >= 0.6 is 23.2 Å². The number of furan rings is 1. The van der Waals surface area contributed by atoms with Gasteiger partial charge in [-0.05, 0) is 36.2 Å². The van der Waals surface area contributed by atoms with Crippen molar-refractivity contribution < 1.29 is 19.2 Å². The van der Waals surface area contributed by atoms with Gasteiger partial charge in [-0.1, -0.05) is 57.8 Å². The van der Waals surface area contributed by atoms with E-state index in [1.165, 1.54) is 24.3 Å². The minimum absolute atomic E-state index is 0.00700. The fourth-order valence-corrected chi connectivity index (χ4v) is 3.02. The molecule has 0 spiro atoms. The Bertz CT molecular complexity index is 1080. The van der Waals surface area contributed by atoms with Crippen molar-refractivity contribution >= 4 is 40.5 Å². The molecule has 0 aliphatic carbocycles. The SMILES string of the molecule is CC.CC.CCc1coc(-c2cc(O)c(C(=O)Nc3ccc([N+](=O)[O-])cc3Cl)cc2Cl)c1. The molecule has 1 aromatic heterocycles. The van der Waals surface area contributed by atoms with Gasteiger partial charge in [-0.3, -0.25) is 14.9 Å². The minimum Gasteiger partial charge on any atom is -0.507 e. The highest BCUT2D eigenvalue weighted by molar-refractivity contribution is 6.35. The molecule has 0 saturated carbocycles. The molecule has 0 aliphatic heterocycles. The van der Waals surface area contributed by atoms with E-state index in [-0.39, 0.29) is 32.7 Å². The van der Waals surface area contributed by atoms with Gasteiger partial charge in [0.15, 0.2) is 0 Å². The molecule has 0 unspecified atom stereocenters.